The van der Waals surface area contributed by atoms with Crippen LogP contribution in [0.4, 0.5) is 5.69 Å². The Labute approximate surface area is 153 Å². The lowest BCUT2D eigenvalue weighted by atomic mass is 10.1. The van der Waals surface area contributed by atoms with E-state index in [1.807, 2.05) is 45.9 Å². The molecule has 1 amide bonds. The third-order valence-corrected chi connectivity index (χ3v) is 4.99. The van der Waals surface area contributed by atoms with E-state index in [0.717, 1.165) is 29.0 Å². The molecular formula is C22H21N3O. The predicted octanol–water partition coefficient (Wildman–Crippen LogP) is 4.37. The number of anilines is 1. The minimum absolute atomic E-state index is 0.0466. The summed E-state index contributed by atoms with van der Waals surface area (Å²) in [6, 6.07) is 16.2. The molecule has 1 atom stereocenters. The Morgan fingerprint density at radius 1 is 1.23 bits per heavy atom. The van der Waals surface area contributed by atoms with Crippen molar-refractivity contribution in [1.82, 2.24) is 9.55 Å². The lowest BCUT2D eigenvalue weighted by molar-refractivity contribution is -0.117. The molecule has 0 spiro atoms. The van der Waals surface area contributed by atoms with Crippen LogP contribution in [0.5, 0.6) is 0 Å². The van der Waals surface area contributed by atoms with Gasteiger partial charge in [-0.25, -0.2) is 4.98 Å². The van der Waals surface area contributed by atoms with Crippen molar-refractivity contribution < 1.29 is 4.79 Å². The zero-order valence-electron chi connectivity index (χ0n) is 14.9. The normalized spacial score (nSPS) is 16.9. The zero-order valence-corrected chi connectivity index (χ0v) is 14.9. The Morgan fingerprint density at radius 3 is 2.73 bits per heavy atom. The number of hydrogen-bond acceptors (Lipinski definition) is 2. The van der Waals surface area contributed by atoms with Crippen LogP contribution in [0.1, 0.15) is 30.7 Å². The fraction of sp³-hybridized carbons (Fsp3) is 0.227. The maximum absolute atomic E-state index is 12.6. The first-order chi connectivity index (χ1) is 12.7. The predicted molar refractivity (Wildman–Crippen MR) is 105 cm³/mol. The molecule has 0 saturated carbocycles. The molecule has 1 aliphatic heterocycles. The van der Waals surface area contributed by atoms with Gasteiger partial charge in [-0.15, -0.1) is 5.73 Å². The van der Waals surface area contributed by atoms with E-state index in [4.69, 9.17) is 4.98 Å². The van der Waals surface area contributed by atoms with Crippen LogP contribution in [0.15, 0.2) is 60.8 Å². The van der Waals surface area contributed by atoms with Gasteiger partial charge in [0.05, 0.1) is 17.2 Å². The highest BCUT2D eigenvalue weighted by Gasteiger charge is 2.34. The maximum atomic E-state index is 12.6. The van der Waals surface area contributed by atoms with Crippen LogP contribution in [0, 0.1) is 0 Å². The highest BCUT2D eigenvalue weighted by Crippen LogP contribution is 2.33. The van der Waals surface area contributed by atoms with Gasteiger partial charge >= 0.3 is 0 Å². The lowest BCUT2D eigenvalue weighted by Crippen LogP contribution is -2.24. The molecule has 4 rings (SSSR count). The molecule has 130 valence electrons. The first-order valence-corrected chi connectivity index (χ1v) is 8.93. The third-order valence-electron chi connectivity index (χ3n) is 4.99. The van der Waals surface area contributed by atoms with Crippen LogP contribution >= 0.6 is 0 Å². The number of fused-ring (bicyclic) bond motifs is 1. The maximum Gasteiger partial charge on any atom is 0.227 e. The standard InChI is InChI=1S/C22H21N3O/c1-3-13-24-20-8-6-5-7-19(20)23-22(24)17-14-21(26)25(15-17)18-11-9-16(4-2)10-12-18/h5-13,17H,1,4,14-15H2,2H3/t17-/m1/s1. The minimum Gasteiger partial charge on any atom is -0.312 e. The summed E-state index contributed by atoms with van der Waals surface area (Å²) in [5, 5.41) is 0. The van der Waals surface area contributed by atoms with Crippen molar-refractivity contribution in [3.8, 4) is 0 Å². The van der Waals surface area contributed by atoms with E-state index in [1.165, 1.54) is 5.56 Å². The number of rotatable bonds is 4. The number of imidazole rings is 1. The van der Waals surface area contributed by atoms with Crippen LogP contribution in [-0.2, 0) is 11.2 Å². The van der Waals surface area contributed by atoms with Crippen LogP contribution in [0.2, 0.25) is 0 Å². The van der Waals surface area contributed by atoms with Gasteiger partial charge in [0.1, 0.15) is 5.82 Å². The number of carbonyl (C=O) groups is 1. The zero-order chi connectivity index (χ0) is 18.1. The smallest absolute Gasteiger partial charge is 0.227 e. The Kier molecular flexibility index (Phi) is 4.19. The Bertz CT molecular complexity index is 1010. The van der Waals surface area contributed by atoms with Crippen LogP contribution in [0.3, 0.4) is 0 Å². The summed E-state index contributed by atoms with van der Waals surface area (Å²) in [5.74, 6) is 1.08. The Balaban J connectivity index is 1.69. The highest BCUT2D eigenvalue weighted by atomic mass is 16.2. The van der Waals surface area contributed by atoms with Gasteiger partial charge in [0, 0.05) is 24.6 Å². The quantitative estimate of drug-likeness (QED) is 0.660. The van der Waals surface area contributed by atoms with Crippen molar-refractivity contribution in [3.05, 3.63) is 72.2 Å². The topological polar surface area (TPSA) is 38.1 Å². The van der Waals surface area contributed by atoms with Crippen LogP contribution < -0.4 is 4.90 Å². The summed E-state index contributed by atoms with van der Waals surface area (Å²) in [6.07, 6.45) is 3.26. The number of amides is 1. The molecule has 1 fully saturated rings. The third kappa shape index (κ3) is 2.75. The summed E-state index contributed by atoms with van der Waals surface area (Å²) < 4.78 is 2.00. The molecule has 3 aromatic rings. The van der Waals surface area contributed by atoms with E-state index < -0.39 is 0 Å². The Morgan fingerprint density at radius 2 is 2.00 bits per heavy atom. The summed E-state index contributed by atoms with van der Waals surface area (Å²) in [6.45, 7) is 6.46. The van der Waals surface area contributed by atoms with E-state index in [0.29, 0.717) is 13.0 Å². The summed E-state index contributed by atoms with van der Waals surface area (Å²) in [4.78, 5) is 19.3. The van der Waals surface area contributed by atoms with E-state index in [-0.39, 0.29) is 11.8 Å². The molecule has 4 heteroatoms. The average Bonchev–Trinajstić information content (AvgIpc) is 3.23. The van der Waals surface area contributed by atoms with Gasteiger partial charge in [-0.1, -0.05) is 37.8 Å². The molecule has 1 saturated heterocycles. The molecule has 0 radical (unpaired) electrons. The minimum atomic E-state index is 0.0466. The van der Waals surface area contributed by atoms with Crippen molar-refractivity contribution in [2.45, 2.75) is 25.7 Å². The molecule has 2 aromatic carbocycles. The SMILES string of the molecule is C=C=Cn1c([C@@H]2CC(=O)N(c3ccc(CC)cc3)C2)nc2ccccc21. The summed E-state index contributed by atoms with van der Waals surface area (Å²) in [7, 11) is 0. The molecule has 26 heavy (non-hydrogen) atoms. The second-order valence-corrected chi connectivity index (χ2v) is 6.59. The molecule has 1 aliphatic rings. The molecule has 0 bridgehead atoms. The van der Waals surface area contributed by atoms with E-state index in [2.05, 4.69) is 31.4 Å². The summed E-state index contributed by atoms with van der Waals surface area (Å²) >= 11 is 0. The molecule has 0 unspecified atom stereocenters. The van der Waals surface area contributed by atoms with Gasteiger partial charge in [0.15, 0.2) is 0 Å². The van der Waals surface area contributed by atoms with Crippen LogP contribution in [-0.4, -0.2) is 22.0 Å². The van der Waals surface area contributed by atoms with Crippen molar-refractivity contribution >= 4 is 28.8 Å². The van der Waals surface area contributed by atoms with Gasteiger partial charge in [-0.3, -0.25) is 9.36 Å². The number of para-hydroxylation sites is 2. The first kappa shape index (κ1) is 16.4. The number of nitrogens with zero attached hydrogens (tertiary/aromatic N) is 3. The van der Waals surface area contributed by atoms with Crippen molar-refractivity contribution in [2.75, 3.05) is 11.4 Å². The summed E-state index contributed by atoms with van der Waals surface area (Å²) in [5.41, 5.74) is 7.00. The molecule has 0 N–H and O–H groups in total. The molecule has 2 heterocycles. The monoisotopic (exact) mass is 343 g/mol. The first-order valence-electron chi connectivity index (χ1n) is 8.93. The van der Waals surface area contributed by atoms with Gasteiger partial charge in [0.2, 0.25) is 5.91 Å². The largest absolute Gasteiger partial charge is 0.312 e. The molecule has 0 aliphatic carbocycles. The fourth-order valence-electron chi connectivity index (χ4n) is 3.62. The number of carbonyl (C=O) groups excluding carboxylic acids is 1. The van der Waals surface area contributed by atoms with Gasteiger partial charge in [0.25, 0.3) is 0 Å². The van der Waals surface area contributed by atoms with Gasteiger partial charge < -0.3 is 4.90 Å². The van der Waals surface area contributed by atoms with Gasteiger partial charge in [-0.05, 0) is 36.2 Å². The van der Waals surface area contributed by atoms with Crippen molar-refractivity contribution in [3.63, 3.8) is 0 Å². The second-order valence-electron chi connectivity index (χ2n) is 6.59. The highest BCUT2D eigenvalue weighted by molar-refractivity contribution is 5.96. The van der Waals surface area contributed by atoms with E-state index in [9.17, 15) is 4.79 Å². The lowest BCUT2D eigenvalue weighted by Gasteiger charge is -2.17. The number of aryl methyl sites for hydroxylation is 1. The van der Waals surface area contributed by atoms with Gasteiger partial charge in [-0.2, -0.15) is 0 Å². The average molecular weight is 343 g/mol. The van der Waals surface area contributed by atoms with Crippen molar-refractivity contribution in [2.24, 2.45) is 0 Å². The fourth-order valence-corrected chi connectivity index (χ4v) is 3.62. The molecule has 4 nitrogen and oxygen atoms in total. The Hall–Kier alpha value is -3.10. The van der Waals surface area contributed by atoms with Crippen molar-refractivity contribution in [1.29, 1.82) is 0 Å². The second kappa shape index (κ2) is 6.66. The number of benzene rings is 2. The molecular weight excluding hydrogens is 322 g/mol. The van der Waals surface area contributed by atoms with E-state index >= 15 is 0 Å². The number of hydrogen-bond donors (Lipinski definition) is 0. The molecule has 1 aromatic heterocycles. The van der Waals surface area contributed by atoms with Crippen LogP contribution in [0.25, 0.3) is 17.2 Å². The van der Waals surface area contributed by atoms with E-state index in [1.54, 1.807) is 6.20 Å². The number of aromatic nitrogens is 2.